The number of carbonyl (C=O) groups excluding carboxylic acids is 3. The number of anilines is 3. The molecule has 3 amide bonds. The Morgan fingerprint density at radius 1 is 0.857 bits per heavy atom. The minimum absolute atomic E-state index is 0.0195. The summed E-state index contributed by atoms with van der Waals surface area (Å²) >= 11 is 7.51. The number of aromatic nitrogens is 1. The molecule has 9 heteroatoms. The number of hydrogen-bond acceptors (Lipinski definition) is 6. The molecule has 1 aliphatic rings. The Morgan fingerprint density at radius 2 is 1.51 bits per heavy atom. The second-order valence-corrected chi connectivity index (χ2v) is 8.77. The number of nitrogens with zero attached hydrogens (tertiary/aromatic N) is 2. The fourth-order valence-electron chi connectivity index (χ4n) is 3.51. The third-order valence-electron chi connectivity index (χ3n) is 5.25. The summed E-state index contributed by atoms with van der Waals surface area (Å²) < 4.78 is 0. The van der Waals surface area contributed by atoms with Gasteiger partial charge < -0.3 is 5.32 Å². The summed E-state index contributed by atoms with van der Waals surface area (Å²) in [6, 6.07) is 24.7. The molecule has 0 bridgehead atoms. The molecule has 4 aromatic rings. The zero-order valence-corrected chi connectivity index (χ0v) is 19.6. The van der Waals surface area contributed by atoms with E-state index in [1.54, 1.807) is 54.6 Å². The molecule has 5 rings (SSSR count). The standard InChI is InChI=1S/C26H17ClN4O3S/c27-21-22(25(34)31(24(21)33)19-9-5-2-6-10-19)28-18-13-11-17(12-14-18)23(32)30-26-29-20(15-35-26)16-7-3-1-4-8-16/h1-15,28H,(H,29,30,32). The first kappa shape index (κ1) is 22.5. The van der Waals surface area contributed by atoms with Crippen molar-refractivity contribution in [2.75, 3.05) is 15.5 Å². The lowest BCUT2D eigenvalue weighted by atomic mass is 10.2. The number of imide groups is 1. The largest absolute Gasteiger partial charge is 0.350 e. The van der Waals surface area contributed by atoms with Crippen LogP contribution in [-0.4, -0.2) is 22.7 Å². The molecule has 2 heterocycles. The number of rotatable bonds is 6. The molecule has 7 nitrogen and oxygen atoms in total. The van der Waals surface area contributed by atoms with Crippen molar-refractivity contribution in [1.82, 2.24) is 4.98 Å². The van der Waals surface area contributed by atoms with Crippen molar-refractivity contribution in [3.63, 3.8) is 0 Å². The summed E-state index contributed by atoms with van der Waals surface area (Å²) in [7, 11) is 0. The van der Waals surface area contributed by atoms with Gasteiger partial charge in [0.15, 0.2) is 5.13 Å². The summed E-state index contributed by atoms with van der Waals surface area (Å²) in [5.74, 6) is -1.46. The zero-order valence-electron chi connectivity index (χ0n) is 18.1. The number of halogens is 1. The Morgan fingerprint density at radius 3 is 2.20 bits per heavy atom. The van der Waals surface area contributed by atoms with Crippen LogP contribution in [-0.2, 0) is 9.59 Å². The maximum Gasteiger partial charge on any atom is 0.283 e. The molecule has 172 valence electrons. The summed E-state index contributed by atoms with van der Waals surface area (Å²) in [6.07, 6.45) is 0. The van der Waals surface area contributed by atoms with Crippen molar-refractivity contribution >= 4 is 57.2 Å². The maximum absolute atomic E-state index is 12.8. The molecule has 0 unspecified atom stereocenters. The molecule has 0 atom stereocenters. The summed E-state index contributed by atoms with van der Waals surface area (Å²) in [5, 5.41) is 7.88. The van der Waals surface area contributed by atoms with E-state index in [0.717, 1.165) is 16.2 Å². The molecule has 1 aliphatic heterocycles. The molecule has 35 heavy (non-hydrogen) atoms. The van der Waals surface area contributed by atoms with Gasteiger partial charge >= 0.3 is 0 Å². The Labute approximate surface area is 209 Å². The van der Waals surface area contributed by atoms with E-state index in [1.807, 2.05) is 35.7 Å². The van der Waals surface area contributed by atoms with E-state index >= 15 is 0 Å². The normalized spacial score (nSPS) is 13.3. The molecule has 1 aromatic heterocycles. The van der Waals surface area contributed by atoms with Gasteiger partial charge in [-0.05, 0) is 36.4 Å². The molecule has 0 spiro atoms. The highest BCUT2D eigenvalue weighted by Crippen LogP contribution is 2.30. The van der Waals surface area contributed by atoms with Gasteiger partial charge in [-0.2, -0.15) is 0 Å². The average Bonchev–Trinajstić information content (AvgIpc) is 3.44. The van der Waals surface area contributed by atoms with Gasteiger partial charge in [-0.3, -0.25) is 19.7 Å². The van der Waals surface area contributed by atoms with Gasteiger partial charge in [-0.15, -0.1) is 11.3 Å². The van der Waals surface area contributed by atoms with Crippen LogP contribution >= 0.6 is 22.9 Å². The van der Waals surface area contributed by atoms with E-state index in [1.165, 1.54) is 11.3 Å². The zero-order chi connectivity index (χ0) is 24.4. The highest BCUT2D eigenvalue weighted by molar-refractivity contribution is 7.14. The summed E-state index contributed by atoms with van der Waals surface area (Å²) in [6.45, 7) is 0. The van der Waals surface area contributed by atoms with Crippen LogP contribution in [0.25, 0.3) is 11.3 Å². The Hall–Kier alpha value is -4.27. The van der Waals surface area contributed by atoms with E-state index in [2.05, 4.69) is 15.6 Å². The second kappa shape index (κ2) is 9.54. The topological polar surface area (TPSA) is 91.4 Å². The summed E-state index contributed by atoms with van der Waals surface area (Å²) in [5.41, 5.74) is 3.09. The van der Waals surface area contributed by atoms with Crippen molar-refractivity contribution in [2.24, 2.45) is 0 Å². The van der Waals surface area contributed by atoms with Crippen LogP contribution in [0.3, 0.4) is 0 Å². The van der Waals surface area contributed by atoms with Crippen LogP contribution in [0.1, 0.15) is 10.4 Å². The average molecular weight is 501 g/mol. The lowest BCUT2D eigenvalue weighted by Gasteiger charge is -2.14. The fourth-order valence-corrected chi connectivity index (χ4v) is 4.44. The Kier molecular flexibility index (Phi) is 6.13. The molecule has 2 N–H and O–H groups in total. The van der Waals surface area contributed by atoms with E-state index in [0.29, 0.717) is 22.1 Å². The first-order valence-electron chi connectivity index (χ1n) is 10.5. The minimum Gasteiger partial charge on any atom is -0.350 e. The first-order valence-corrected chi connectivity index (χ1v) is 11.8. The van der Waals surface area contributed by atoms with Crippen LogP contribution in [0, 0.1) is 0 Å². The number of nitrogens with one attached hydrogen (secondary N) is 2. The quantitative estimate of drug-likeness (QED) is 0.341. The highest BCUT2D eigenvalue weighted by Gasteiger charge is 2.38. The monoisotopic (exact) mass is 500 g/mol. The minimum atomic E-state index is -0.598. The fraction of sp³-hybridized carbons (Fsp3) is 0. The van der Waals surface area contributed by atoms with E-state index in [4.69, 9.17) is 11.6 Å². The van der Waals surface area contributed by atoms with E-state index in [-0.39, 0.29) is 16.6 Å². The number of carbonyl (C=O) groups is 3. The number of benzene rings is 3. The molecule has 0 radical (unpaired) electrons. The number of amides is 3. The predicted octanol–water partition coefficient (Wildman–Crippen LogP) is 5.50. The molecule has 0 aliphatic carbocycles. The number of thiazole rings is 1. The Balaban J connectivity index is 1.26. The van der Waals surface area contributed by atoms with Crippen LogP contribution in [0.15, 0.2) is 101 Å². The molecule has 0 fully saturated rings. The summed E-state index contributed by atoms with van der Waals surface area (Å²) in [4.78, 5) is 43.5. The van der Waals surface area contributed by atoms with Crippen molar-refractivity contribution < 1.29 is 14.4 Å². The molecule has 3 aromatic carbocycles. The smallest absolute Gasteiger partial charge is 0.283 e. The third-order valence-corrected chi connectivity index (χ3v) is 6.36. The highest BCUT2D eigenvalue weighted by atomic mass is 35.5. The molecule has 0 saturated heterocycles. The predicted molar refractivity (Wildman–Crippen MR) is 137 cm³/mol. The number of para-hydroxylation sites is 1. The van der Waals surface area contributed by atoms with Crippen LogP contribution in [0.2, 0.25) is 0 Å². The van der Waals surface area contributed by atoms with E-state index < -0.39 is 11.8 Å². The van der Waals surface area contributed by atoms with Crippen LogP contribution in [0.4, 0.5) is 16.5 Å². The van der Waals surface area contributed by atoms with Crippen molar-refractivity contribution in [1.29, 1.82) is 0 Å². The lowest BCUT2D eigenvalue weighted by molar-refractivity contribution is -0.120. The maximum atomic E-state index is 12.8. The van der Waals surface area contributed by atoms with Crippen LogP contribution < -0.4 is 15.5 Å². The van der Waals surface area contributed by atoms with Gasteiger partial charge in [-0.1, -0.05) is 60.1 Å². The lowest BCUT2D eigenvalue weighted by Crippen LogP contribution is -2.32. The van der Waals surface area contributed by atoms with Gasteiger partial charge in [0.1, 0.15) is 10.7 Å². The second-order valence-electron chi connectivity index (χ2n) is 7.53. The van der Waals surface area contributed by atoms with Gasteiger partial charge in [0.25, 0.3) is 17.7 Å². The van der Waals surface area contributed by atoms with Gasteiger partial charge in [0, 0.05) is 22.2 Å². The molecular weight excluding hydrogens is 484 g/mol. The van der Waals surface area contributed by atoms with Crippen molar-refractivity contribution in [3.05, 3.63) is 107 Å². The van der Waals surface area contributed by atoms with Gasteiger partial charge in [0.2, 0.25) is 0 Å². The molecule has 0 saturated carbocycles. The van der Waals surface area contributed by atoms with Crippen molar-refractivity contribution in [3.8, 4) is 11.3 Å². The van der Waals surface area contributed by atoms with Crippen molar-refractivity contribution in [2.45, 2.75) is 0 Å². The Bertz CT molecular complexity index is 1450. The van der Waals surface area contributed by atoms with E-state index in [9.17, 15) is 14.4 Å². The SMILES string of the molecule is O=C(Nc1nc(-c2ccccc2)cs1)c1ccc(NC2=C(Cl)C(=O)N(c3ccccc3)C2=O)cc1. The first-order chi connectivity index (χ1) is 17.0. The van der Waals surface area contributed by atoms with Gasteiger partial charge in [-0.25, -0.2) is 9.88 Å². The van der Waals surface area contributed by atoms with Gasteiger partial charge in [0.05, 0.1) is 11.4 Å². The van der Waals surface area contributed by atoms with Crippen LogP contribution in [0.5, 0.6) is 0 Å². The third kappa shape index (κ3) is 4.57. The number of hydrogen-bond donors (Lipinski definition) is 2. The molecular formula is C26H17ClN4O3S.